The van der Waals surface area contributed by atoms with Gasteiger partial charge in [0.2, 0.25) is 27.7 Å². The van der Waals surface area contributed by atoms with E-state index in [1.54, 1.807) is 13.2 Å². The molecule has 4 aliphatic rings. The number of benzene rings is 1. The summed E-state index contributed by atoms with van der Waals surface area (Å²) >= 11 is 0. The van der Waals surface area contributed by atoms with Gasteiger partial charge in [-0.15, -0.1) is 0 Å². The van der Waals surface area contributed by atoms with E-state index < -0.39 is 74.1 Å². The van der Waals surface area contributed by atoms with Crippen LogP contribution in [0.15, 0.2) is 18.2 Å². The Morgan fingerprint density at radius 2 is 1.72 bits per heavy atom. The van der Waals surface area contributed by atoms with Crippen LogP contribution in [0.3, 0.4) is 0 Å². The third-order valence-electron chi connectivity index (χ3n) is 12.0. The van der Waals surface area contributed by atoms with Gasteiger partial charge in [-0.1, -0.05) is 60.3 Å². The number of methoxy groups -OCH3 is 1. The maximum Gasteiger partial charge on any atom is 0.408 e. The molecule has 57 heavy (non-hydrogen) atoms. The molecule has 4 amide bonds. The minimum atomic E-state index is -3.89. The Labute approximate surface area is 336 Å². The van der Waals surface area contributed by atoms with E-state index in [4.69, 9.17) is 24.2 Å². The third-order valence-corrected chi connectivity index (χ3v) is 13.9. The molecule has 2 saturated carbocycles. The van der Waals surface area contributed by atoms with Gasteiger partial charge in [0.05, 0.1) is 29.9 Å². The highest BCUT2D eigenvalue weighted by Crippen LogP contribution is 2.47. The van der Waals surface area contributed by atoms with Crippen molar-refractivity contribution in [3.05, 3.63) is 23.9 Å². The molecule has 2 aliphatic heterocycles. The summed E-state index contributed by atoms with van der Waals surface area (Å²) in [6, 6.07) is 3.23. The number of alkyl carbamates (subject to hydrolysis) is 1. The highest BCUT2D eigenvalue weighted by molar-refractivity contribution is 7.91. The molecule has 2 aromatic rings. The van der Waals surface area contributed by atoms with E-state index in [1.807, 2.05) is 53.7 Å². The maximum absolute atomic E-state index is 14.9. The van der Waals surface area contributed by atoms with E-state index in [0.29, 0.717) is 66.9 Å². The third kappa shape index (κ3) is 9.41. The molecule has 6 rings (SSSR count). The monoisotopic (exact) mass is 812 g/mol. The summed E-state index contributed by atoms with van der Waals surface area (Å²) in [7, 11) is -2.31. The fraction of sp³-hybridized carbons (Fsp3) is 0.707. The number of hydrogen-bond donors (Lipinski definition) is 3. The van der Waals surface area contributed by atoms with Crippen LogP contribution in [-0.4, -0.2) is 95.8 Å². The first-order chi connectivity index (χ1) is 27.0. The predicted molar refractivity (Wildman–Crippen MR) is 213 cm³/mol. The average Bonchev–Trinajstić information content (AvgIpc) is 4.09. The van der Waals surface area contributed by atoms with E-state index >= 15 is 0 Å². The van der Waals surface area contributed by atoms with Crippen LogP contribution in [0.1, 0.15) is 118 Å². The van der Waals surface area contributed by atoms with E-state index in [9.17, 15) is 27.6 Å². The molecular weight excluding hydrogens is 753 g/mol. The van der Waals surface area contributed by atoms with Crippen LogP contribution in [0.5, 0.6) is 11.6 Å². The Morgan fingerprint density at radius 1 is 1.00 bits per heavy atom. The highest BCUT2D eigenvalue weighted by Gasteiger charge is 2.63. The molecule has 314 valence electrons. The Bertz CT molecular complexity index is 1950. The quantitative estimate of drug-likeness (QED) is 0.327. The van der Waals surface area contributed by atoms with Gasteiger partial charge in [0.15, 0.2) is 0 Å². The molecule has 0 radical (unpaired) electrons. The number of fused-ring (bicyclic) bond motifs is 4. The molecule has 0 unspecified atom stereocenters. The molecule has 1 aromatic heterocycles. The molecule has 15 nitrogen and oxygen atoms in total. The molecule has 3 N–H and O–H groups in total. The minimum absolute atomic E-state index is 0.0289. The van der Waals surface area contributed by atoms with E-state index in [1.165, 1.54) is 4.90 Å². The number of carbonyl (C=O) groups excluding carboxylic acids is 4. The molecular formula is C41H60N6O9S. The summed E-state index contributed by atoms with van der Waals surface area (Å²) < 4.78 is 46.0. The second-order valence-corrected chi connectivity index (χ2v) is 19.4. The van der Waals surface area contributed by atoms with Crippen molar-refractivity contribution in [3.63, 3.8) is 0 Å². The summed E-state index contributed by atoms with van der Waals surface area (Å²) in [6.45, 7) is 11.1. The molecule has 3 fully saturated rings. The van der Waals surface area contributed by atoms with Gasteiger partial charge < -0.3 is 29.7 Å². The lowest BCUT2D eigenvalue weighted by molar-refractivity contribution is -0.143. The van der Waals surface area contributed by atoms with Crippen molar-refractivity contribution < 1.29 is 41.8 Å². The van der Waals surface area contributed by atoms with Crippen LogP contribution in [0.4, 0.5) is 4.79 Å². The normalized spacial score (nSPS) is 29.1. The number of cyclic esters (lactones) is 1. The van der Waals surface area contributed by atoms with E-state index in [2.05, 4.69) is 15.4 Å². The first-order valence-corrected chi connectivity index (χ1v) is 22.2. The number of rotatable bonds is 8. The maximum atomic E-state index is 14.9. The lowest BCUT2D eigenvalue weighted by atomic mass is 9.85. The second kappa shape index (κ2) is 16.9. The van der Waals surface area contributed by atoms with Crippen molar-refractivity contribution >= 4 is 44.9 Å². The molecule has 1 aromatic carbocycles. The van der Waals surface area contributed by atoms with Gasteiger partial charge in [0.25, 0.3) is 5.91 Å². The Kier molecular flexibility index (Phi) is 12.6. The lowest BCUT2D eigenvalue weighted by Crippen LogP contribution is -2.61. The van der Waals surface area contributed by atoms with Crippen LogP contribution >= 0.6 is 0 Å². The molecule has 16 heteroatoms. The van der Waals surface area contributed by atoms with Crippen molar-refractivity contribution in [3.8, 4) is 11.6 Å². The molecule has 2 aliphatic carbocycles. The van der Waals surface area contributed by atoms with Crippen molar-refractivity contribution in [2.24, 2.45) is 17.3 Å². The fourth-order valence-electron chi connectivity index (χ4n) is 8.38. The van der Waals surface area contributed by atoms with E-state index in [0.717, 1.165) is 32.1 Å². The Hall–Kier alpha value is -4.21. The summed E-state index contributed by atoms with van der Waals surface area (Å²) in [5.74, 6) is -1.85. The number of aryl methyl sites for hydroxylation is 1. The number of hydrogen-bond acceptors (Lipinski definition) is 11. The molecule has 1 saturated heterocycles. The number of nitrogens with zero attached hydrogens (tertiary/aromatic N) is 3. The van der Waals surface area contributed by atoms with Crippen molar-refractivity contribution in [1.29, 1.82) is 0 Å². The first-order valence-electron chi connectivity index (χ1n) is 20.7. The van der Waals surface area contributed by atoms with Crippen LogP contribution in [0.25, 0.3) is 11.0 Å². The zero-order valence-electron chi connectivity index (χ0n) is 34.4. The zero-order chi connectivity index (χ0) is 41.3. The lowest BCUT2D eigenvalue weighted by Gasteiger charge is -2.36. The Balaban J connectivity index is 1.39. The van der Waals surface area contributed by atoms with Gasteiger partial charge in [-0.2, -0.15) is 0 Å². The fourth-order valence-corrected chi connectivity index (χ4v) is 9.75. The van der Waals surface area contributed by atoms with Crippen molar-refractivity contribution in [2.75, 3.05) is 13.7 Å². The van der Waals surface area contributed by atoms with Gasteiger partial charge >= 0.3 is 6.09 Å². The van der Waals surface area contributed by atoms with Gasteiger partial charge in [0.1, 0.15) is 41.3 Å². The zero-order valence-corrected chi connectivity index (χ0v) is 35.2. The number of ether oxygens (including phenoxy) is 3. The highest BCUT2D eigenvalue weighted by atomic mass is 32.2. The summed E-state index contributed by atoms with van der Waals surface area (Å²) in [6.07, 6.45) is 6.20. The molecule has 0 spiro atoms. The molecule has 3 heterocycles. The smallest absolute Gasteiger partial charge is 0.408 e. The number of aromatic nitrogens is 2. The predicted octanol–water partition coefficient (Wildman–Crippen LogP) is 4.94. The van der Waals surface area contributed by atoms with E-state index in [-0.39, 0.29) is 25.0 Å². The molecule has 7 atom stereocenters. The van der Waals surface area contributed by atoms with Crippen LogP contribution in [-0.2, 0) is 35.6 Å². The van der Waals surface area contributed by atoms with Crippen LogP contribution < -0.4 is 24.8 Å². The standard InChI is InChI=1S/C41H60N6O9S/c1-8-25-22-41(25,38(50)46-57(52,53)27-18-19-27)45-35(48)33-28(9-2)32-23-47(33)37(49)34(40(4,5)6)44-39(51)55-24(3)15-13-11-10-12-14-16-30-36(56-32)43-31-21-26(54-7)17-20-29(31)42-30/h17,20-21,24-25,27-28,32-34H,8-16,18-19,22-23H2,1-7H3,(H,44,51)(H,45,48)(H,46,50)/t24-,25-,28-,32+,33+,34-,41-/m1/s1. The average molecular weight is 813 g/mol. The number of nitrogens with one attached hydrogen (secondary N) is 3. The number of sulfonamides is 1. The first kappa shape index (κ1) is 42.4. The van der Waals surface area contributed by atoms with Crippen LogP contribution in [0, 0.1) is 17.3 Å². The van der Waals surface area contributed by atoms with Crippen molar-refractivity contribution in [2.45, 2.75) is 154 Å². The SMILES string of the molecule is CC[C@@H]1[C@@H]2CN(C(=O)[C@H](C(C)(C)C)NC(=O)O[C@H](C)CCCCCCCc3nc4ccc(OC)cc4nc3O2)[C@@H]1C(=O)N[C@]1(C(=O)NS(=O)(=O)C2CC2)C[C@H]1CC. The summed E-state index contributed by atoms with van der Waals surface area (Å²) in [5, 5.41) is 5.15. The summed E-state index contributed by atoms with van der Waals surface area (Å²) in [5.41, 5.74) is -0.341. The van der Waals surface area contributed by atoms with Gasteiger partial charge in [-0.25, -0.2) is 23.2 Å². The largest absolute Gasteiger partial charge is 0.497 e. The van der Waals surface area contributed by atoms with Gasteiger partial charge in [-0.05, 0) is 81.8 Å². The van der Waals surface area contributed by atoms with Crippen molar-refractivity contribution in [1.82, 2.24) is 30.2 Å². The van der Waals surface area contributed by atoms with Gasteiger partial charge in [-0.3, -0.25) is 19.1 Å². The topological polar surface area (TPSA) is 195 Å². The van der Waals surface area contributed by atoms with Crippen LogP contribution in [0.2, 0.25) is 0 Å². The number of amides is 4. The second-order valence-electron chi connectivity index (χ2n) is 17.4. The number of carbonyl (C=O) groups is 4. The Morgan fingerprint density at radius 3 is 2.37 bits per heavy atom. The van der Waals surface area contributed by atoms with Gasteiger partial charge in [0, 0.05) is 12.0 Å². The summed E-state index contributed by atoms with van der Waals surface area (Å²) in [4.78, 5) is 68.1. The molecule has 2 bridgehead atoms. The minimum Gasteiger partial charge on any atom is -0.497 e.